The van der Waals surface area contributed by atoms with Crippen LogP contribution in [0.4, 0.5) is 0 Å². The van der Waals surface area contributed by atoms with Gasteiger partial charge in [-0.1, -0.05) is 131 Å². The third-order valence-electron chi connectivity index (χ3n) is 4.11. The first-order valence-corrected chi connectivity index (χ1v) is 11.8. The summed E-state index contributed by atoms with van der Waals surface area (Å²) in [5.41, 5.74) is 5.72. The lowest BCUT2D eigenvalue weighted by atomic mass is 9.97. The third-order valence-corrected chi connectivity index (χ3v) is 4.11. The molecule has 0 aliphatic rings. The summed E-state index contributed by atoms with van der Waals surface area (Å²) < 4.78 is 0. The van der Waals surface area contributed by atoms with Gasteiger partial charge in [0.2, 0.25) is 0 Å². The topological polar surface area (TPSA) is 0 Å². The Balaban J connectivity index is 0. The summed E-state index contributed by atoms with van der Waals surface area (Å²) >= 11 is 0. The van der Waals surface area contributed by atoms with E-state index in [9.17, 15) is 0 Å². The zero-order valence-electron chi connectivity index (χ0n) is 21.5. The molecule has 2 aromatic rings. The molecule has 0 radical (unpaired) electrons. The molecule has 0 aliphatic heterocycles. The van der Waals surface area contributed by atoms with Crippen LogP contribution in [0.15, 0.2) is 48.5 Å². The van der Waals surface area contributed by atoms with E-state index in [-0.39, 0.29) is 0 Å². The van der Waals surface area contributed by atoms with Gasteiger partial charge in [0.1, 0.15) is 0 Å². The fourth-order valence-corrected chi connectivity index (χ4v) is 2.28. The first kappa shape index (κ1) is 29.6. The number of benzene rings is 2. The van der Waals surface area contributed by atoms with Crippen LogP contribution in [-0.4, -0.2) is 0 Å². The van der Waals surface area contributed by atoms with E-state index in [2.05, 4.69) is 125 Å². The Morgan fingerprint density at radius 1 is 0.483 bits per heavy atom. The molecular weight excluding hydrogens is 348 g/mol. The normalized spacial score (nSPS) is 9.86. The van der Waals surface area contributed by atoms with Crippen molar-refractivity contribution < 1.29 is 0 Å². The molecule has 29 heavy (non-hydrogen) atoms. The van der Waals surface area contributed by atoms with Crippen molar-refractivity contribution in [3.05, 3.63) is 70.8 Å². The largest absolute Gasteiger partial charge is 0.0656 e. The first-order valence-electron chi connectivity index (χ1n) is 11.8. The molecule has 0 fully saturated rings. The van der Waals surface area contributed by atoms with Gasteiger partial charge in [0.05, 0.1) is 0 Å². The molecule has 2 rings (SSSR count). The molecule has 0 saturated heterocycles. The minimum absolute atomic E-state index is 0.645. The summed E-state index contributed by atoms with van der Waals surface area (Å²) in [7, 11) is 0. The molecule has 0 amide bonds. The lowest BCUT2D eigenvalue weighted by Gasteiger charge is -2.08. The summed E-state index contributed by atoms with van der Waals surface area (Å²) in [6.07, 6.45) is 3.54. The van der Waals surface area contributed by atoms with Crippen LogP contribution in [0.2, 0.25) is 0 Å². The van der Waals surface area contributed by atoms with E-state index >= 15 is 0 Å². The van der Waals surface area contributed by atoms with Gasteiger partial charge in [-0.2, -0.15) is 0 Å². The average Bonchev–Trinajstić information content (AvgIpc) is 2.68. The van der Waals surface area contributed by atoms with Crippen molar-refractivity contribution in [2.75, 3.05) is 0 Å². The Labute approximate surface area is 184 Å². The highest BCUT2D eigenvalue weighted by atomic mass is 14.1. The van der Waals surface area contributed by atoms with Crippen LogP contribution in [0.3, 0.4) is 0 Å². The molecule has 0 atom stereocenters. The van der Waals surface area contributed by atoms with Crippen molar-refractivity contribution in [1.29, 1.82) is 0 Å². The Bertz CT molecular complexity index is 518. The molecule has 0 heteroatoms. The van der Waals surface area contributed by atoms with Crippen LogP contribution in [0.5, 0.6) is 0 Å². The second kappa shape index (κ2) is 18.5. The van der Waals surface area contributed by atoms with Crippen molar-refractivity contribution in [1.82, 2.24) is 0 Å². The number of rotatable bonds is 4. The van der Waals surface area contributed by atoms with Crippen LogP contribution in [0.25, 0.3) is 0 Å². The van der Waals surface area contributed by atoms with Gasteiger partial charge in [0, 0.05) is 0 Å². The molecular formula is C29H50. The van der Waals surface area contributed by atoms with Gasteiger partial charge >= 0.3 is 0 Å². The van der Waals surface area contributed by atoms with Gasteiger partial charge in [-0.25, -0.2) is 0 Å². The molecule has 0 aliphatic carbocycles. The fourth-order valence-electron chi connectivity index (χ4n) is 2.28. The predicted molar refractivity (Wildman–Crippen MR) is 136 cm³/mol. The number of aryl methyl sites for hydroxylation is 2. The van der Waals surface area contributed by atoms with Crippen molar-refractivity contribution >= 4 is 0 Å². The molecule has 0 N–H and O–H groups in total. The predicted octanol–water partition coefficient (Wildman–Crippen LogP) is 9.82. The molecule has 0 aromatic heterocycles. The van der Waals surface area contributed by atoms with Crippen molar-refractivity contribution in [3.8, 4) is 0 Å². The van der Waals surface area contributed by atoms with Gasteiger partial charge in [0.25, 0.3) is 0 Å². The summed E-state index contributed by atoms with van der Waals surface area (Å²) in [5.74, 6) is 2.12. The Hall–Kier alpha value is -1.56. The summed E-state index contributed by atoms with van der Waals surface area (Å²) in [5, 5.41) is 0. The highest BCUT2D eigenvalue weighted by Gasteiger charge is 2.00. The lowest BCUT2D eigenvalue weighted by molar-refractivity contribution is 0.737. The van der Waals surface area contributed by atoms with Crippen molar-refractivity contribution in [2.45, 2.75) is 107 Å². The van der Waals surface area contributed by atoms with Crippen molar-refractivity contribution in [3.63, 3.8) is 0 Å². The van der Waals surface area contributed by atoms with Gasteiger partial charge in [0.15, 0.2) is 0 Å². The van der Waals surface area contributed by atoms with Crippen LogP contribution in [0, 0.1) is 5.92 Å². The monoisotopic (exact) mass is 398 g/mol. The van der Waals surface area contributed by atoms with E-state index in [0.717, 1.165) is 18.8 Å². The van der Waals surface area contributed by atoms with Crippen LogP contribution in [0.1, 0.15) is 117 Å². The fraction of sp³-hybridized carbons (Fsp3) is 0.586. The summed E-state index contributed by atoms with van der Waals surface area (Å²) in [6, 6.07) is 17.8. The SMILES string of the molecule is CC(C)C.CC(C)c1ccc(C(C)C)cc1.CCC.CCc1ccc(CC)cc1. The minimum atomic E-state index is 0.645. The van der Waals surface area contributed by atoms with E-state index in [1.807, 2.05) is 0 Å². The Morgan fingerprint density at radius 3 is 0.828 bits per heavy atom. The molecule has 0 nitrogen and oxygen atoms in total. The smallest absolute Gasteiger partial charge is 0.0219 e. The van der Waals surface area contributed by atoms with Crippen LogP contribution < -0.4 is 0 Å². The second-order valence-corrected chi connectivity index (χ2v) is 8.94. The maximum absolute atomic E-state index is 2.24. The minimum Gasteiger partial charge on any atom is -0.0656 e. The van der Waals surface area contributed by atoms with E-state index in [1.54, 1.807) is 0 Å². The summed E-state index contributed by atoms with van der Waals surface area (Å²) in [6.45, 7) is 24.0. The molecule has 0 spiro atoms. The third kappa shape index (κ3) is 17.0. The van der Waals surface area contributed by atoms with Gasteiger partial charge in [-0.3, -0.25) is 0 Å². The summed E-state index contributed by atoms with van der Waals surface area (Å²) in [4.78, 5) is 0. The van der Waals surface area contributed by atoms with E-state index in [4.69, 9.17) is 0 Å². The van der Waals surface area contributed by atoms with Gasteiger partial charge in [-0.05, 0) is 52.8 Å². The molecule has 166 valence electrons. The lowest BCUT2D eigenvalue weighted by Crippen LogP contribution is -1.90. The first-order chi connectivity index (χ1) is 13.6. The molecule has 2 aromatic carbocycles. The van der Waals surface area contributed by atoms with Crippen LogP contribution in [-0.2, 0) is 12.8 Å². The Kier molecular flexibility index (Phi) is 18.9. The average molecular weight is 399 g/mol. The molecule has 0 heterocycles. The molecule has 0 bridgehead atoms. The Morgan fingerprint density at radius 2 is 0.690 bits per heavy atom. The molecule has 0 saturated carbocycles. The zero-order valence-corrected chi connectivity index (χ0v) is 21.5. The maximum atomic E-state index is 2.24. The van der Waals surface area contributed by atoms with Crippen molar-refractivity contribution in [2.24, 2.45) is 5.92 Å². The molecule has 0 unspecified atom stereocenters. The van der Waals surface area contributed by atoms with E-state index in [1.165, 1.54) is 28.7 Å². The quantitative estimate of drug-likeness (QED) is 0.480. The van der Waals surface area contributed by atoms with Gasteiger partial charge in [-0.15, -0.1) is 0 Å². The van der Waals surface area contributed by atoms with Gasteiger partial charge < -0.3 is 0 Å². The highest BCUT2D eigenvalue weighted by molar-refractivity contribution is 5.26. The van der Waals surface area contributed by atoms with E-state index < -0.39 is 0 Å². The highest BCUT2D eigenvalue weighted by Crippen LogP contribution is 2.19. The second-order valence-electron chi connectivity index (χ2n) is 8.94. The number of hydrogen-bond donors (Lipinski definition) is 0. The van der Waals surface area contributed by atoms with E-state index in [0.29, 0.717) is 11.8 Å². The number of hydrogen-bond acceptors (Lipinski definition) is 0. The standard InChI is InChI=1S/C12H18.C10H14.C4H10.C3H8/c1-9(2)11-5-7-12(8-6-11)10(3)4;1-3-9-5-7-10(4-2)8-6-9;1-4(2)3;1-3-2/h5-10H,1-4H3;5-8H,3-4H2,1-2H3;4H,1-3H3;3H2,1-2H3. The maximum Gasteiger partial charge on any atom is -0.0219 e. The van der Waals surface area contributed by atoms with Crippen LogP contribution >= 0.6 is 0 Å². The zero-order chi connectivity index (χ0) is 22.8.